The Labute approximate surface area is 97.1 Å². The van der Waals surface area contributed by atoms with Crippen molar-refractivity contribution in [3.05, 3.63) is 28.1 Å². The van der Waals surface area contributed by atoms with Crippen LogP contribution in [0.4, 0.5) is 5.69 Å². The number of hydrogen-bond acceptors (Lipinski definition) is 5. The molecule has 0 unspecified atom stereocenters. The topological polar surface area (TPSA) is 91.4 Å². The monoisotopic (exact) mass is 240 g/mol. The number of ether oxygens (including phenoxy) is 1. The van der Waals surface area contributed by atoms with Gasteiger partial charge in [-0.2, -0.15) is 0 Å². The molecule has 0 aromatic carbocycles. The third-order valence-electron chi connectivity index (χ3n) is 2.07. The van der Waals surface area contributed by atoms with E-state index in [0.717, 1.165) is 6.07 Å². The number of carbonyl (C=O) groups is 2. The van der Waals surface area contributed by atoms with Gasteiger partial charge in [0.1, 0.15) is 12.0 Å². The summed E-state index contributed by atoms with van der Waals surface area (Å²) in [6.07, 6.45) is 2.08. The Morgan fingerprint density at radius 2 is 2.35 bits per heavy atom. The fourth-order valence-corrected chi connectivity index (χ4v) is 1.35. The van der Waals surface area contributed by atoms with E-state index in [1.165, 1.54) is 10.8 Å². The lowest BCUT2D eigenvalue weighted by Gasteiger charge is -2.05. The fraction of sp³-hybridized carbons (Fsp3) is 0.400. The number of carbonyl (C=O) groups excluding carboxylic acids is 2. The van der Waals surface area contributed by atoms with E-state index in [1.54, 1.807) is 6.92 Å². The molecule has 0 radical (unpaired) electrons. The Kier molecular flexibility index (Phi) is 4.38. The molecule has 0 spiro atoms. The molecular formula is C10H12N2O5. The van der Waals surface area contributed by atoms with Crippen molar-refractivity contribution in [2.24, 2.45) is 0 Å². The van der Waals surface area contributed by atoms with Crippen molar-refractivity contribution in [1.29, 1.82) is 0 Å². The van der Waals surface area contributed by atoms with E-state index in [-0.39, 0.29) is 31.0 Å². The summed E-state index contributed by atoms with van der Waals surface area (Å²) in [4.78, 5) is 31.8. The van der Waals surface area contributed by atoms with Crippen LogP contribution in [0.3, 0.4) is 0 Å². The summed E-state index contributed by atoms with van der Waals surface area (Å²) in [7, 11) is 0. The smallest absolute Gasteiger partial charge is 0.355 e. The van der Waals surface area contributed by atoms with E-state index >= 15 is 0 Å². The van der Waals surface area contributed by atoms with Crippen LogP contribution < -0.4 is 0 Å². The lowest BCUT2D eigenvalue weighted by molar-refractivity contribution is -0.384. The molecule has 7 heteroatoms. The van der Waals surface area contributed by atoms with E-state index in [0.29, 0.717) is 6.29 Å². The average molecular weight is 240 g/mol. The van der Waals surface area contributed by atoms with Crippen LogP contribution in [0.2, 0.25) is 0 Å². The van der Waals surface area contributed by atoms with E-state index in [9.17, 15) is 19.7 Å². The van der Waals surface area contributed by atoms with Crippen LogP contribution in [0.1, 0.15) is 23.8 Å². The molecule has 92 valence electrons. The SMILES string of the molecule is CCOC(=O)c1cc([N+](=O)[O-])cn1CCC=O. The zero-order chi connectivity index (χ0) is 12.8. The van der Waals surface area contributed by atoms with Crippen molar-refractivity contribution in [1.82, 2.24) is 4.57 Å². The first kappa shape index (κ1) is 12.9. The third kappa shape index (κ3) is 3.13. The zero-order valence-electron chi connectivity index (χ0n) is 9.29. The highest BCUT2D eigenvalue weighted by Crippen LogP contribution is 2.17. The molecule has 1 heterocycles. The predicted octanol–water partition coefficient (Wildman–Crippen LogP) is 1.16. The minimum absolute atomic E-state index is 0.0837. The summed E-state index contributed by atoms with van der Waals surface area (Å²) in [5.41, 5.74) is -0.112. The Morgan fingerprint density at radius 1 is 1.65 bits per heavy atom. The van der Waals surface area contributed by atoms with Gasteiger partial charge in [-0.25, -0.2) is 4.79 Å². The van der Waals surface area contributed by atoms with Crippen molar-refractivity contribution in [3.8, 4) is 0 Å². The highest BCUT2D eigenvalue weighted by molar-refractivity contribution is 5.88. The molecule has 0 saturated heterocycles. The molecule has 0 aliphatic rings. The van der Waals surface area contributed by atoms with E-state index < -0.39 is 10.9 Å². The lowest BCUT2D eigenvalue weighted by atomic mass is 10.4. The Balaban J connectivity index is 3.02. The standard InChI is InChI=1S/C10H12N2O5/c1-2-17-10(14)9-6-8(12(15)16)7-11(9)4-3-5-13/h5-7H,2-4H2,1H3. The van der Waals surface area contributed by atoms with E-state index in [4.69, 9.17) is 4.74 Å². The van der Waals surface area contributed by atoms with Crippen LogP contribution in [0.25, 0.3) is 0 Å². The molecule has 1 aromatic heterocycles. The second-order valence-corrected chi connectivity index (χ2v) is 3.21. The maximum atomic E-state index is 11.5. The maximum Gasteiger partial charge on any atom is 0.355 e. The predicted molar refractivity (Wildman–Crippen MR) is 57.7 cm³/mol. The normalized spacial score (nSPS) is 9.94. The molecule has 0 bridgehead atoms. The molecule has 7 nitrogen and oxygen atoms in total. The van der Waals surface area contributed by atoms with Crippen molar-refractivity contribution in [3.63, 3.8) is 0 Å². The molecule has 0 aliphatic heterocycles. The van der Waals surface area contributed by atoms with Crippen LogP contribution in [0.15, 0.2) is 12.3 Å². The highest BCUT2D eigenvalue weighted by Gasteiger charge is 2.19. The largest absolute Gasteiger partial charge is 0.461 e. The number of aldehydes is 1. The Hall–Kier alpha value is -2.18. The van der Waals surface area contributed by atoms with E-state index in [2.05, 4.69) is 0 Å². The first-order chi connectivity index (χ1) is 8.10. The summed E-state index contributed by atoms with van der Waals surface area (Å²) in [5.74, 6) is -0.633. The van der Waals surface area contributed by atoms with Crippen LogP contribution >= 0.6 is 0 Å². The fourth-order valence-electron chi connectivity index (χ4n) is 1.35. The molecule has 0 amide bonds. The van der Waals surface area contributed by atoms with Gasteiger partial charge in [-0.15, -0.1) is 0 Å². The average Bonchev–Trinajstić information content (AvgIpc) is 2.70. The second kappa shape index (κ2) is 5.78. The second-order valence-electron chi connectivity index (χ2n) is 3.21. The minimum Gasteiger partial charge on any atom is -0.461 e. The maximum absolute atomic E-state index is 11.5. The molecule has 1 rings (SSSR count). The van der Waals surface area contributed by atoms with Crippen LogP contribution in [-0.2, 0) is 16.1 Å². The molecular weight excluding hydrogens is 228 g/mol. The summed E-state index contributed by atoms with van der Waals surface area (Å²) >= 11 is 0. The Bertz CT molecular complexity index is 438. The number of hydrogen-bond donors (Lipinski definition) is 0. The highest BCUT2D eigenvalue weighted by atomic mass is 16.6. The Morgan fingerprint density at radius 3 is 2.88 bits per heavy atom. The first-order valence-corrected chi connectivity index (χ1v) is 5.05. The lowest BCUT2D eigenvalue weighted by Crippen LogP contribution is -2.11. The molecule has 0 saturated carbocycles. The van der Waals surface area contributed by atoms with Gasteiger partial charge in [0.15, 0.2) is 0 Å². The zero-order valence-corrected chi connectivity index (χ0v) is 9.29. The molecule has 1 aromatic rings. The summed E-state index contributed by atoms with van der Waals surface area (Å²) in [6, 6.07) is 1.14. The molecule has 17 heavy (non-hydrogen) atoms. The van der Waals surface area contributed by atoms with Gasteiger partial charge in [-0.3, -0.25) is 10.1 Å². The first-order valence-electron chi connectivity index (χ1n) is 5.05. The quantitative estimate of drug-likeness (QED) is 0.322. The van der Waals surface area contributed by atoms with Gasteiger partial charge in [0.25, 0.3) is 5.69 Å². The summed E-state index contributed by atoms with van der Waals surface area (Å²) < 4.78 is 6.12. The number of nitro groups is 1. The number of aryl methyl sites for hydroxylation is 1. The van der Waals surface area contributed by atoms with Gasteiger partial charge in [-0.1, -0.05) is 0 Å². The summed E-state index contributed by atoms with van der Waals surface area (Å²) in [5, 5.41) is 10.6. The van der Waals surface area contributed by atoms with Crippen molar-refractivity contribution >= 4 is 17.9 Å². The van der Waals surface area contributed by atoms with Gasteiger partial charge >= 0.3 is 5.97 Å². The van der Waals surface area contributed by atoms with Gasteiger partial charge < -0.3 is 14.1 Å². The van der Waals surface area contributed by atoms with Gasteiger partial charge in [-0.05, 0) is 6.92 Å². The number of nitrogens with zero attached hydrogens (tertiary/aromatic N) is 2. The number of rotatable bonds is 6. The van der Waals surface area contributed by atoms with Crippen LogP contribution in [0.5, 0.6) is 0 Å². The minimum atomic E-state index is -0.633. The van der Waals surface area contributed by atoms with Gasteiger partial charge in [0.05, 0.1) is 17.7 Å². The summed E-state index contributed by atoms with van der Waals surface area (Å²) in [6.45, 7) is 2.04. The van der Waals surface area contributed by atoms with Crippen molar-refractivity contribution in [2.45, 2.75) is 19.9 Å². The molecule has 0 N–H and O–H groups in total. The van der Waals surface area contributed by atoms with Crippen LogP contribution in [-0.4, -0.2) is 28.4 Å². The molecule has 0 atom stereocenters. The van der Waals surface area contributed by atoms with Gasteiger partial charge in [0, 0.05) is 19.0 Å². The molecule has 0 fully saturated rings. The molecule has 0 aliphatic carbocycles. The van der Waals surface area contributed by atoms with Crippen molar-refractivity contribution in [2.75, 3.05) is 6.61 Å². The number of esters is 1. The van der Waals surface area contributed by atoms with E-state index in [1.807, 2.05) is 0 Å². The third-order valence-corrected chi connectivity index (χ3v) is 2.07. The number of aromatic nitrogens is 1. The van der Waals surface area contributed by atoms with Crippen molar-refractivity contribution < 1.29 is 19.2 Å². The van der Waals surface area contributed by atoms with Crippen LogP contribution in [0, 0.1) is 10.1 Å². The van der Waals surface area contributed by atoms with Gasteiger partial charge in [0.2, 0.25) is 0 Å².